The molecule has 0 bridgehead atoms. The van der Waals surface area contributed by atoms with E-state index in [4.69, 9.17) is 15.0 Å². The van der Waals surface area contributed by atoms with Crippen LogP contribution in [0.3, 0.4) is 0 Å². The number of nitrogens with zero attached hydrogens (tertiary/aromatic N) is 5. The maximum Gasteiger partial charge on any atom is 0.145 e. The fourth-order valence-electron chi connectivity index (χ4n) is 5.63. The minimum Gasteiger partial charge on any atom is -0.307 e. The van der Waals surface area contributed by atoms with Crippen LogP contribution in [0.4, 0.5) is 17.1 Å². The predicted octanol–water partition coefficient (Wildman–Crippen LogP) is 9.26. The Morgan fingerprint density at radius 3 is 1.67 bits per heavy atom. The van der Waals surface area contributed by atoms with Gasteiger partial charge in [0.2, 0.25) is 0 Å². The van der Waals surface area contributed by atoms with Crippen molar-refractivity contribution in [3.63, 3.8) is 0 Å². The van der Waals surface area contributed by atoms with Crippen LogP contribution < -0.4 is 4.90 Å². The zero-order valence-corrected chi connectivity index (χ0v) is 22.7. The topological polar surface area (TPSA) is 46.8 Å². The maximum absolute atomic E-state index is 5.01. The van der Waals surface area contributed by atoms with E-state index < -0.39 is 0 Å². The minimum atomic E-state index is 0.916. The van der Waals surface area contributed by atoms with Crippen LogP contribution in [0.1, 0.15) is 0 Å². The molecular weight excluding hydrogens is 514 g/mol. The largest absolute Gasteiger partial charge is 0.307 e. The van der Waals surface area contributed by atoms with Crippen LogP contribution in [0.15, 0.2) is 152 Å². The Hall–Kier alpha value is -5.81. The summed E-state index contributed by atoms with van der Waals surface area (Å²) in [6.45, 7) is 0. The van der Waals surface area contributed by atoms with Crippen molar-refractivity contribution in [3.05, 3.63) is 152 Å². The van der Waals surface area contributed by atoms with E-state index >= 15 is 0 Å². The molecule has 0 amide bonds. The number of pyridine rings is 2. The van der Waals surface area contributed by atoms with Crippen molar-refractivity contribution in [1.82, 2.24) is 19.5 Å². The van der Waals surface area contributed by atoms with Crippen molar-refractivity contribution in [2.24, 2.45) is 0 Å². The van der Waals surface area contributed by atoms with Gasteiger partial charge in [0, 0.05) is 27.7 Å². The number of imidazole rings is 1. The van der Waals surface area contributed by atoms with Crippen molar-refractivity contribution in [1.29, 1.82) is 0 Å². The van der Waals surface area contributed by atoms with Crippen LogP contribution in [0.2, 0.25) is 0 Å². The summed E-state index contributed by atoms with van der Waals surface area (Å²) in [4.78, 5) is 16.8. The Balaban J connectivity index is 1.29. The van der Waals surface area contributed by atoms with E-state index in [0.717, 1.165) is 67.0 Å². The zero-order chi connectivity index (χ0) is 27.9. The molecule has 0 fully saturated rings. The second-order valence-corrected chi connectivity index (χ2v) is 10.2. The lowest BCUT2D eigenvalue weighted by Crippen LogP contribution is -2.11. The second kappa shape index (κ2) is 9.98. The van der Waals surface area contributed by atoms with E-state index in [0.29, 0.717) is 0 Å². The first-order chi connectivity index (χ1) is 20.8. The van der Waals surface area contributed by atoms with Gasteiger partial charge in [0.05, 0.1) is 45.8 Å². The lowest BCUT2D eigenvalue weighted by atomic mass is 10.1. The maximum atomic E-state index is 5.01. The lowest BCUT2D eigenvalue weighted by Gasteiger charge is -2.25. The Kier molecular flexibility index (Phi) is 5.71. The van der Waals surface area contributed by atoms with Crippen molar-refractivity contribution in [2.75, 3.05) is 4.90 Å². The fraction of sp³-hybridized carbons (Fsp3) is 0. The Bertz CT molecular complexity index is 2120. The molecule has 8 aromatic rings. The molecule has 5 aromatic carbocycles. The average Bonchev–Trinajstić information content (AvgIpc) is 3.45. The van der Waals surface area contributed by atoms with Gasteiger partial charge in [-0.1, -0.05) is 78.9 Å². The summed E-state index contributed by atoms with van der Waals surface area (Å²) in [6, 6.07) is 48.0. The van der Waals surface area contributed by atoms with E-state index in [1.165, 1.54) is 0 Å². The van der Waals surface area contributed by atoms with Crippen LogP contribution in [-0.4, -0.2) is 19.5 Å². The first-order valence-electron chi connectivity index (χ1n) is 13.9. The molecule has 0 aliphatic heterocycles. The van der Waals surface area contributed by atoms with Crippen molar-refractivity contribution in [3.8, 4) is 17.1 Å². The highest BCUT2D eigenvalue weighted by molar-refractivity contribution is 5.89. The fourth-order valence-corrected chi connectivity index (χ4v) is 5.63. The molecule has 5 nitrogen and oxygen atoms in total. The number of aromatic nitrogens is 4. The van der Waals surface area contributed by atoms with Crippen LogP contribution in [0.25, 0.3) is 49.9 Å². The van der Waals surface area contributed by atoms with Crippen LogP contribution >= 0.6 is 0 Å². The van der Waals surface area contributed by atoms with Gasteiger partial charge >= 0.3 is 0 Å². The van der Waals surface area contributed by atoms with Gasteiger partial charge in [0.15, 0.2) is 0 Å². The molecule has 42 heavy (non-hydrogen) atoms. The van der Waals surface area contributed by atoms with E-state index in [1.54, 1.807) is 0 Å². The van der Waals surface area contributed by atoms with Gasteiger partial charge < -0.3 is 4.90 Å². The summed E-state index contributed by atoms with van der Waals surface area (Å²) in [6.07, 6.45) is 3.87. The van der Waals surface area contributed by atoms with Gasteiger partial charge in [-0.05, 0) is 60.7 Å². The zero-order valence-electron chi connectivity index (χ0n) is 22.7. The average molecular weight is 540 g/mol. The highest BCUT2D eigenvalue weighted by atomic mass is 15.2. The summed E-state index contributed by atoms with van der Waals surface area (Å²) in [5.41, 5.74) is 9.03. The lowest BCUT2D eigenvalue weighted by molar-refractivity contribution is 1.10. The summed E-state index contributed by atoms with van der Waals surface area (Å²) in [5, 5.41) is 2.17. The highest BCUT2D eigenvalue weighted by Crippen LogP contribution is 2.37. The number of fused-ring (bicyclic) bond motifs is 3. The van der Waals surface area contributed by atoms with E-state index in [2.05, 4.69) is 100 Å². The number of rotatable bonds is 5. The molecule has 0 aliphatic carbocycles. The third-order valence-electron chi connectivity index (χ3n) is 7.63. The molecule has 3 aromatic heterocycles. The van der Waals surface area contributed by atoms with Gasteiger partial charge in [-0.2, -0.15) is 0 Å². The Morgan fingerprint density at radius 2 is 1.02 bits per heavy atom. The molecule has 198 valence electrons. The van der Waals surface area contributed by atoms with Crippen molar-refractivity contribution < 1.29 is 0 Å². The van der Waals surface area contributed by atoms with Gasteiger partial charge in [0.25, 0.3) is 0 Å². The first-order valence-corrected chi connectivity index (χ1v) is 13.9. The molecule has 0 spiro atoms. The van der Waals surface area contributed by atoms with Gasteiger partial charge in [-0.15, -0.1) is 0 Å². The van der Waals surface area contributed by atoms with Gasteiger partial charge in [-0.25, -0.2) is 4.98 Å². The third kappa shape index (κ3) is 4.16. The second-order valence-electron chi connectivity index (χ2n) is 10.2. The smallest absolute Gasteiger partial charge is 0.145 e. The molecule has 5 heteroatoms. The van der Waals surface area contributed by atoms with Crippen LogP contribution in [-0.2, 0) is 0 Å². The summed E-state index contributed by atoms with van der Waals surface area (Å²) in [7, 11) is 0. The standard InChI is InChI=1S/C37H25N5/c1-2-10-26(11-3-1)37-40-35-16-8-9-17-36(35)42(37)30-20-18-29(19-21-30)41(31-22-27-12-4-6-14-33(27)38-24-31)32-23-28-13-5-7-15-34(28)39-25-32/h1-25H. The quantitative estimate of drug-likeness (QED) is 0.219. The monoisotopic (exact) mass is 539 g/mol. The molecule has 0 N–H and O–H groups in total. The van der Waals surface area contributed by atoms with Gasteiger partial charge in [0.1, 0.15) is 5.82 Å². The molecule has 0 saturated heterocycles. The molecule has 0 saturated carbocycles. The van der Waals surface area contributed by atoms with E-state index in [1.807, 2.05) is 60.9 Å². The third-order valence-corrected chi connectivity index (χ3v) is 7.63. The Morgan fingerprint density at radius 1 is 0.476 bits per heavy atom. The number of hydrogen-bond acceptors (Lipinski definition) is 4. The summed E-state index contributed by atoms with van der Waals surface area (Å²) < 4.78 is 2.23. The van der Waals surface area contributed by atoms with E-state index in [-0.39, 0.29) is 0 Å². The summed E-state index contributed by atoms with van der Waals surface area (Å²) in [5.74, 6) is 0.916. The number of hydrogen-bond donors (Lipinski definition) is 0. The molecule has 0 aliphatic rings. The molecule has 0 atom stereocenters. The molecule has 0 unspecified atom stereocenters. The van der Waals surface area contributed by atoms with Crippen molar-refractivity contribution >= 4 is 49.9 Å². The highest BCUT2D eigenvalue weighted by Gasteiger charge is 2.17. The normalized spacial score (nSPS) is 11.3. The number of anilines is 3. The first kappa shape index (κ1) is 24.0. The number of para-hydroxylation sites is 4. The predicted molar refractivity (Wildman–Crippen MR) is 172 cm³/mol. The van der Waals surface area contributed by atoms with E-state index in [9.17, 15) is 0 Å². The molecule has 0 radical (unpaired) electrons. The summed E-state index contributed by atoms with van der Waals surface area (Å²) >= 11 is 0. The Labute approximate surface area is 243 Å². The number of benzene rings is 5. The van der Waals surface area contributed by atoms with Gasteiger partial charge in [-0.3, -0.25) is 14.5 Å². The molecule has 3 heterocycles. The van der Waals surface area contributed by atoms with Crippen molar-refractivity contribution in [2.45, 2.75) is 0 Å². The SMILES string of the molecule is c1ccc(-c2nc3ccccc3n2-c2ccc(N(c3cnc4ccccc4c3)c3cnc4ccccc4c3)cc2)cc1. The molecular formula is C37H25N5. The van der Waals surface area contributed by atoms with Crippen LogP contribution in [0, 0.1) is 0 Å². The van der Waals surface area contributed by atoms with Crippen LogP contribution in [0.5, 0.6) is 0 Å². The minimum absolute atomic E-state index is 0.916. The molecule has 8 rings (SSSR count).